The third-order valence-corrected chi connectivity index (χ3v) is 3.58. The Balaban J connectivity index is 5.05. The van der Waals surface area contributed by atoms with Crippen LogP contribution in [0.3, 0.4) is 0 Å². The van der Waals surface area contributed by atoms with E-state index in [2.05, 4.69) is 5.32 Å². The molecule has 0 aromatic rings. The van der Waals surface area contributed by atoms with Gasteiger partial charge in [-0.2, -0.15) is 0 Å². The van der Waals surface area contributed by atoms with Crippen molar-refractivity contribution in [3.8, 4) is 0 Å². The molecule has 1 N–H and O–H groups in total. The number of hydrogen-bond acceptors (Lipinski definition) is 4. The number of hydrogen-bond donors (Lipinski definition) is 1. The first kappa shape index (κ1) is 18.6. The standard InChI is InChI=1S/C14H26N2O4/c1-6-10(2)14(12(20-5)7-11(3)18)16(4)13(19)8-15-9-17/h9-10,12,14H,6-8H2,1-5H3,(H,15,17). The zero-order chi connectivity index (χ0) is 15.7. The molecule has 0 aliphatic carbocycles. The lowest BCUT2D eigenvalue weighted by Gasteiger charge is -2.37. The molecule has 3 unspecified atom stereocenters. The molecule has 0 spiro atoms. The van der Waals surface area contributed by atoms with Crippen LogP contribution in [0.5, 0.6) is 0 Å². The average molecular weight is 286 g/mol. The molecule has 0 saturated carbocycles. The summed E-state index contributed by atoms with van der Waals surface area (Å²) >= 11 is 0. The fourth-order valence-corrected chi connectivity index (χ4v) is 2.29. The molecular weight excluding hydrogens is 260 g/mol. The smallest absolute Gasteiger partial charge is 0.242 e. The van der Waals surface area contributed by atoms with E-state index in [4.69, 9.17) is 4.74 Å². The first-order valence-electron chi connectivity index (χ1n) is 6.83. The van der Waals surface area contributed by atoms with Crippen LogP contribution in [0.2, 0.25) is 0 Å². The molecule has 0 heterocycles. The van der Waals surface area contributed by atoms with E-state index in [1.807, 2.05) is 13.8 Å². The molecule has 0 aliphatic rings. The predicted octanol–water partition coefficient (Wildman–Crippen LogP) is 0.600. The van der Waals surface area contributed by atoms with Gasteiger partial charge < -0.3 is 15.0 Å². The van der Waals surface area contributed by atoms with Gasteiger partial charge in [-0.15, -0.1) is 0 Å². The summed E-state index contributed by atoms with van der Waals surface area (Å²) in [5.41, 5.74) is 0. The van der Waals surface area contributed by atoms with Gasteiger partial charge >= 0.3 is 0 Å². The molecule has 0 saturated heterocycles. The van der Waals surface area contributed by atoms with E-state index in [0.717, 1.165) is 6.42 Å². The minimum atomic E-state index is -0.340. The van der Waals surface area contributed by atoms with Gasteiger partial charge in [0.2, 0.25) is 12.3 Å². The molecule has 0 aromatic carbocycles. The van der Waals surface area contributed by atoms with Crippen LogP contribution in [0.25, 0.3) is 0 Å². The molecule has 20 heavy (non-hydrogen) atoms. The van der Waals surface area contributed by atoms with Crippen LogP contribution in [0, 0.1) is 5.92 Å². The van der Waals surface area contributed by atoms with Crippen LogP contribution in [0.15, 0.2) is 0 Å². The second-order valence-electron chi connectivity index (χ2n) is 5.06. The van der Waals surface area contributed by atoms with Crippen LogP contribution in [0.1, 0.15) is 33.6 Å². The molecule has 0 bridgehead atoms. The molecule has 0 rings (SSSR count). The minimum absolute atomic E-state index is 0.0250. The first-order chi connectivity index (χ1) is 9.38. The highest BCUT2D eigenvalue weighted by Crippen LogP contribution is 2.21. The molecule has 6 heteroatoms. The molecular formula is C14H26N2O4. The lowest BCUT2D eigenvalue weighted by molar-refractivity contribution is -0.138. The summed E-state index contributed by atoms with van der Waals surface area (Å²) in [5, 5.41) is 2.36. The van der Waals surface area contributed by atoms with Gasteiger partial charge in [0, 0.05) is 20.6 Å². The van der Waals surface area contributed by atoms with Crippen molar-refractivity contribution in [3.63, 3.8) is 0 Å². The summed E-state index contributed by atoms with van der Waals surface area (Å²) in [6.07, 6.45) is 1.28. The highest BCUT2D eigenvalue weighted by Gasteiger charge is 2.32. The van der Waals surface area contributed by atoms with E-state index in [1.165, 1.54) is 6.92 Å². The highest BCUT2D eigenvalue weighted by molar-refractivity contribution is 5.80. The van der Waals surface area contributed by atoms with Crippen LogP contribution in [-0.2, 0) is 19.1 Å². The summed E-state index contributed by atoms with van der Waals surface area (Å²) in [7, 11) is 3.22. The van der Waals surface area contributed by atoms with Crippen LogP contribution < -0.4 is 5.32 Å². The molecule has 6 nitrogen and oxygen atoms in total. The maximum absolute atomic E-state index is 12.0. The number of likely N-dealkylation sites (N-methyl/N-ethyl adjacent to an activating group) is 1. The number of ether oxygens (including phenoxy) is 1. The number of ketones is 1. The van der Waals surface area contributed by atoms with Gasteiger partial charge in [0.1, 0.15) is 5.78 Å². The molecule has 116 valence electrons. The number of methoxy groups -OCH3 is 1. The summed E-state index contributed by atoms with van der Waals surface area (Å²) in [6.45, 7) is 5.51. The van der Waals surface area contributed by atoms with Gasteiger partial charge in [-0.05, 0) is 12.8 Å². The second kappa shape index (κ2) is 9.47. The number of carbonyl (C=O) groups is 3. The third kappa shape index (κ3) is 5.69. The van der Waals surface area contributed by atoms with Crippen molar-refractivity contribution in [1.29, 1.82) is 0 Å². The minimum Gasteiger partial charge on any atom is -0.379 e. The van der Waals surface area contributed by atoms with Crippen LogP contribution in [-0.4, -0.2) is 55.8 Å². The quantitative estimate of drug-likeness (QED) is 0.597. The fourth-order valence-electron chi connectivity index (χ4n) is 2.29. The lowest BCUT2D eigenvalue weighted by atomic mass is 9.90. The van der Waals surface area contributed by atoms with Gasteiger partial charge in [-0.3, -0.25) is 14.4 Å². The third-order valence-electron chi connectivity index (χ3n) is 3.58. The molecule has 0 radical (unpaired) electrons. The van der Waals surface area contributed by atoms with Crippen molar-refractivity contribution in [2.45, 2.75) is 45.8 Å². The maximum atomic E-state index is 12.0. The molecule has 2 amide bonds. The first-order valence-corrected chi connectivity index (χ1v) is 6.83. The normalized spacial score (nSPS) is 15.1. The van der Waals surface area contributed by atoms with Crippen LogP contribution >= 0.6 is 0 Å². The van der Waals surface area contributed by atoms with Crippen molar-refractivity contribution in [3.05, 3.63) is 0 Å². The van der Waals surface area contributed by atoms with E-state index in [-0.39, 0.29) is 42.7 Å². The monoisotopic (exact) mass is 286 g/mol. The Morgan fingerprint density at radius 3 is 2.40 bits per heavy atom. The van der Waals surface area contributed by atoms with E-state index >= 15 is 0 Å². The number of nitrogens with zero attached hydrogens (tertiary/aromatic N) is 1. The summed E-state index contributed by atoms with van der Waals surface area (Å²) in [4.78, 5) is 35.2. The Bertz CT molecular complexity index is 333. The summed E-state index contributed by atoms with van der Waals surface area (Å²) in [5.74, 6) is 0.00880. The Labute approximate surface area is 120 Å². The largest absolute Gasteiger partial charge is 0.379 e. The second-order valence-corrected chi connectivity index (χ2v) is 5.06. The van der Waals surface area contributed by atoms with Crippen molar-refractivity contribution in [2.75, 3.05) is 20.7 Å². The van der Waals surface area contributed by atoms with Gasteiger partial charge in [0.15, 0.2) is 0 Å². The predicted molar refractivity (Wildman–Crippen MR) is 76.2 cm³/mol. The number of rotatable bonds is 10. The summed E-state index contributed by atoms with van der Waals surface area (Å²) in [6, 6.07) is -0.199. The van der Waals surface area contributed by atoms with Crippen molar-refractivity contribution < 1.29 is 19.1 Å². The van der Waals surface area contributed by atoms with Gasteiger partial charge in [-0.25, -0.2) is 0 Å². The van der Waals surface area contributed by atoms with E-state index in [0.29, 0.717) is 6.41 Å². The zero-order valence-corrected chi connectivity index (χ0v) is 13.0. The lowest BCUT2D eigenvalue weighted by Crippen LogP contribution is -2.51. The average Bonchev–Trinajstić information content (AvgIpc) is 2.42. The molecule has 0 aliphatic heterocycles. The Morgan fingerprint density at radius 2 is 2.00 bits per heavy atom. The van der Waals surface area contributed by atoms with Crippen molar-refractivity contribution in [1.82, 2.24) is 10.2 Å². The van der Waals surface area contributed by atoms with Crippen LogP contribution in [0.4, 0.5) is 0 Å². The number of carbonyl (C=O) groups excluding carboxylic acids is 3. The Kier molecular flexibility index (Phi) is 8.79. The van der Waals surface area contributed by atoms with Crippen molar-refractivity contribution in [2.24, 2.45) is 5.92 Å². The fraction of sp³-hybridized carbons (Fsp3) is 0.786. The van der Waals surface area contributed by atoms with Gasteiger partial charge in [-0.1, -0.05) is 20.3 Å². The molecule has 0 fully saturated rings. The topological polar surface area (TPSA) is 75.7 Å². The van der Waals surface area contributed by atoms with Crippen molar-refractivity contribution >= 4 is 18.1 Å². The number of nitrogens with one attached hydrogen (secondary N) is 1. The SMILES string of the molecule is CCC(C)C(C(CC(C)=O)OC)N(C)C(=O)CNC=O. The van der Waals surface area contributed by atoms with Gasteiger partial charge in [0.05, 0.1) is 18.7 Å². The molecule has 3 atom stereocenters. The maximum Gasteiger partial charge on any atom is 0.242 e. The van der Waals surface area contributed by atoms with Gasteiger partial charge in [0.25, 0.3) is 0 Å². The summed E-state index contributed by atoms with van der Waals surface area (Å²) < 4.78 is 5.42. The number of amides is 2. The molecule has 0 aromatic heterocycles. The Hall–Kier alpha value is -1.43. The Morgan fingerprint density at radius 1 is 1.40 bits per heavy atom. The number of Topliss-reactive ketones (excluding diaryl/α,β-unsaturated/α-hetero) is 1. The zero-order valence-electron chi connectivity index (χ0n) is 13.0. The highest BCUT2D eigenvalue weighted by atomic mass is 16.5. The van der Waals surface area contributed by atoms with E-state index < -0.39 is 0 Å². The van der Waals surface area contributed by atoms with E-state index in [9.17, 15) is 14.4 Å². The van der Waals surface area contributed by atoms with E-state index in [1.54, 1.807) is 19.1 Å².